The van der Waals surface area contributed by atoms with Crippen LogP contribution in [0.5, 0.6) is 11.5 Å². The van der Waals surface area contributed by atoms with Crippen LogP contribution in [0.4, 0.5) is 0 Å². The van der Waals surface area contributed by atoms with Crippen LogP contribution in [0, 0.1) is 6.92 Å². The van der Waals surface area contributed by atoms with Gasteiger partial charge in [-0.15, -0.1) is 0 Å². The normalized spacial score (nSPS) is 14.7. The van der Waals surface area contributed by atoms with Gasteiger partial charge in [-0.2, -0.15) is 0 Å². The van der Waals surface area contributed by atoms with Gasteiger partial charge in [-0.1, -0.05) is 0 Å². The van der Waals surface area contributed by atoms with E-state index in [0.717, 1.165) is 5.56 Å². The molecule has 1 aliphatic rings. The lowest BCUT2D eigenvalue weighted by Crippen LogP contribution is -2.53. The van der Waals surface area contributed by atoms with E-state index < -0.39 is 17.7 Å². The van der Waals surface area contributed by atoms with Gasteiger partial charge in [0.05, 0.1) is 14.2 Å². The molecule has 1 N–H and O–H groups in total. The van der Waals surface area contributed by atoms with Crippen molar-refractivity contribution in [2.24, 2.45) is 0 Å². The molecule has 1 heterocycles. The minimum Gasteiger partial charge on any atom is -0.496 e. The number of benzene rings is 1. The van der Waals surface area contributed by atoms with Crippen molar-refractivity contribution in [3.8, 4) is 11.5 Å². The van der Waals surface area contributed by atoms with Crippen LogP contribution in [-0.2, 0) is 9.59 Å². The van der Waals surface area contributed by atoms with Crippen LogP contribution in [0.2, 0.25) is 0 Å². The average molecular weight is 292 g/mol. The molecule has 1 aromatic carbocycles. The number of nitrogens with zero attached hydrogens (tertiary/aromatic N) is 1. The number of hydrogen-bond donors (Lipinski definition) is 1. The molecule has 21 heavy (non-hydrogen) atoms. The molecule has 1 fully saturated rings. The highest BCUT2D eigenvalue weighted by molar-refractivity contribution is 6.06. The summed E-state index contributed by atoms with van der Waals surface area (Å²) in [6.07, 6.45) is 0. The van der Waals surface area contributed by atoms with Crippen molar-refractivity contribution in [3.05, 3.63) is 23.3 Å². The number of imide groups is 1. The fraction of sp³-hybridized carbons (Fsp3) is 0.357. The van der Waals surface area contributed by atoms with E-state index in [1.807, 2.05) is 6.92 Å². The lowest BCUT2D eigenvalue weighted by Gasteiger charge is -2.26. The first-order chi connectivity index (χ1) is 9.96. The lowest BCUT2D eigenvalue weighted by atomic mass is 10.1. The smallest absolute Gasteiger partial charge is 0.255 e. The number of carbonyl (C=O) groups excluding carboxylic acids is 3. The van der Waals surface area contributed by atoms with E-state index in [1.165, 1.54) is 19.1 Å². The highest BCUT2D eigenvalue weighted by Crippen LogP contribution is 2.30. The number of carbonyl (C=O) groups is 3. The Morgan fingerprint density at radius 1 is 1.10 bits per heavy atom. The molecule has 7 heteroatoms. The first-order valence-electron chi connectivity index (χ1n) is 6.30. The number of hydrogen-bond acceptors (Lipinski definition) is 5. The maximum atomic E-state index is 12.4. The fourth-order valence-corrected chi connectivity index (χ4v) is 2.17. The molecule has 0 saturated carbocycles. The molecular formula is C14H16N2O5. The van der Waals surface area contributed by atoms with Gasteiger partial charge in [-0.25, -0.2) is 0 Å². The Kier molecular flexibility index (Phi) is 4.11. The molecule has 0 aliphatic carbocycles. The van der Waals surface area contributed by atoms with Gasteiger partial charge >= 0.3 is 0 Å². The number of rotatable bonds is 3. The van der Waals surface area contributed by atoms with Gasteiger partial charge in [0, 0.05) is 11.1 Å². The van der Waals surface area contributed by atoms with Gasteiger partial charge in [-0.3, -0.25) is 19.7 Å². The number of nitrogens with one attached hydrogen (secondary N) is 1. The largest absolute Gasteiger partial charge is 0.496 e. The van der Waals surface area contributed by atoms with Crippen molar-refractivity contribution in [1.82, 2.24) is 10.2 Å². The minimum absolute atomic E-state index is 0.150. The van der Waals surface area contributed by atoms with Crippen molar-refractivity contribution in [1.29, 1.82) is 0 Å². The molecule has 0 bridgehead atoms. The molecule has 0 unspecified atom stereocenters. The van der Waals surface area contributed by atoms with E-state index in [1.54, 1.807) is 12.1 Å². The Hall–Kier alpha value is -2.57. The molecule has 112 valence electrons. The maximum Gasteiger partial charge on any atom is 0.255 e. The van der Waals surface area contributed by atoms with Crippen molar-refractivity contribution < 1.29 is 23.9 Å². The second kappa shape index (κ2) is 5.82. The van der Waals surface area contributed by atoms with E-state index in [0.29, 0.717) is 17.1 Å². The van der Waals surface area contributed by atoms with Crippen LogP contribution in [-0.4, -0.2) is 49.9 Å². The zero-order valence-electron chi connectivity index (χ0n) is 12.1. The summed E-state index contributed by atoms with van der Waals surface area (Å²) in [6.45, 7) is 1.51. The fourth-order valence-electron chi connectivity index (χ4n) is 2.17. The number of methoxy groups -OCH3 is 2. The summed E-state index contributed by atoms with van der Waals surface area (Å²) in [4.78, 5) is 36.3. The standard InChI is InChI=1S/C14H16N2O5/c1-8-10(20-2)4-9(5-11(8)21-3)14(19)16-6-12(17)15-13(18)7-16/h4-5H,6-7H2,1-3H3,(H,15,17,18). The number of ether oxygens (including phenoxy) is 2. The summed E-state index contributed by atoms with van der Waals surface area (Å²) < 4.78 is 10.4. The van der Waals surface area contributed by atoms with Crippen LogP contribution in [0.25, 0.3) is 0 Å². The molecular weight excluding hydrogens is 276 g/mol. The Bertz CT molecular complexity index is 570. The minimum atomic E-state index is -0.495. The van der Waals surface area contributed by atoms with Gasteiger partial charge in [0.1, 0.15) is 24.6 Å². The Morgan fingerprint density at radius 2 is 1.57 bits per heavy atom. The van der Waals surface area contributed by atoms with Gasteiger partial charge in [0.2, 0.25) is 11.8 Å². The van der Waals surface area contributed by atoms with Crippen LogP contribution < -0.4 is 14.8 Å². The SMILES string of the molecule is COc1cc(C(=O)N2CC(=O)NC(=O)C2)cc(OC)c1C. The predicted octanol–water partition coefficient (Wildman–Crippen LogP) is 0.111. The summed E-state index contributed by atoms with van der Waals surface area (Å²) in [7, 11) is 2.99. The van der Waals surface area contributed by atoms with Crippen LogP contribution in [0.3, 0.4) is 0 Å². The highest BCUT2D eigenvalue weighted by atomic mass is 16.5. The summed E-state index contributed by atoms with van der Waals surface area (Å²) in [6, 6.07) is 3.13. The number of piperazine rings is 1. The zero-order chi connectivity index (χ0) is 15.6. The lowest BCUT2D eigenvalue weighted by molar-refractivity contribution is -0.135. The molecule has 2 rings (SSSR count). The molecule has 1 aliphatic heterocycles. The Balaban J connectivity index is 2.34. The first-order valence-corrected chi connectivity index (χ1v) is 6.30. The second-order valence-electron chi connectivity index (χ2n) is 4.64. The summed E-state index contributed by atoms with van der Waals surface area (Å²) in [5, 5.41) is 2.15. The maximum absolute atomic E-state index is 12.4. The third kappa shape index (κ3) is 2.96. The molecule has 0 aromatic heterocycles. The summed E-state index contributed by atoms with van der Waals surface area (Å²) >= 11 is 0. The van der Waals surface area contributed by atoms with E-state index in [2.05, 4.69) is 5.32 Å². The van der Waals surface area contributed by atoms with Crippen molar-refractivity contribution in [2.75, 3.05) is 27.3 Å². The van der Waals surface area contributed by atoms with E-state index >= 15 is 0 Å². The average Bonchev–Trinajstić information content (AvgIpc) is 2.45. The van der Waals surface area contributed by atoms with Crippen molar-refractivity contribution >= 4 is 17.7 Å². The first kappa shape index (κ1) is 14.8. The molecule has 7 nitrogen and oxygen atoms in total. The van der Waals surface area contributed by atoms with Crippen molar-refractivity contribution in [2.45, 2.75) is 6.92 Å². The molecule has 1 aromatic rings. The van der Waals surface area contributed by atoms with E-state index in [4.69, 9.17) is 9.47 Å². The third-order valence-corrected chi connectivity index (χ3v) is 3.23. The van der Waals surface area contributed by atoms with Crippen molar-refractivity contribution in [3.63, 3.8) is 0 Å². The van der Waals surface area contributed by atoms with Crippen LogP contribution in [0.15, 0.2) is 12.1 Å². The predicted molar refractivity (Wildman–Crippen MR) is 73.3 cm³/mol. The van der Waals surface area contributed by atoms with Gasteiger partial charge in [0.15, 0.2) is 0 Å². The monoisotopic (exact) mass is 292 g/mol. The topological polar surface area (TPSA) is 84.9 Å². The van der Waals surface area contributed by atoms with Crippen LogP contribution in [0.1, 0.15) is 15.9 Å². The molecule has 0 atom stereocenters. The number of amides is 3. The summed E-state index contributed by atoms with van der Waals surface area (Å²) in [5.74, 6) is -0.401. The second-order valence-corrected chi connectivity index (χ2v) is 4.64. The van der Waals surface area contributed by atoms with Gasteiger partial charge < -0.3 is 14.4 Å². The van der Waals surface area contributed by atoms with E-state index in [9.17, 15) is 14.4 Å². The zero-order valence-corrected chi connectivity index (χ0v) is 12.1. The Labute approximate surface area is 121 Å². The summed E-state index contributed by atoms with van der Waals surface area (Å²) in [5.41, 5.74) is 1.07. The van der Waals surface area contributed by atoms with Gasteiger partial charge in [-0.05, 0) is 19.1 Å². The third-order valence-electron chi connectivity index (χ3n) is 3.23. The van der Waals surface area contributed by atoms with Crippen LogP contribution >= 0.6 is 0 Å². The molecule has 0 spiro atoms. The highest BCUT2D eigenvalue weighted by Gasteiger charge is 2.28. The Morgan fingerprint density at radius 3 is 2.00 bits per heavy atom. The van der Waals surface area contributed by atoms with E-state index in [-0.39, 0.29) is 13.1 Å². The quantitative estimate of drug-likeness (QED) is 0.799. The molecule has 1 saturated heterocycles. The van der Waals surface area contributed by atoms with Gasteiger partial charge in [0.25, 0.3) is 5.91 Å². The molecule has 0 radical (unpaired) electrons. The molecule has 3 amide bonds.